The molecule has 82 valence electrons. The second kappa shape index (κ2) is 5.36. The summed E-state index contributed by atoms with van der Waals surface area (Å²) in [7, 11) is 0. The average Bonchev–Trinajstić information content (AvgIpc) is 2.26. The molecule has 2 amide bonds. The van der Waals surface area contributed by atoms with Crippen molar-refractivity contribution in [2.24, 2.45) is 5.73 Å². The number of carbonyl (C=O) groups excluding carboxylic acids is 1. The first-order chi connectivity index (χ1) is 7.20. The third-order valence-electron chi connectivity index (χ3n) is 2.22. The van der Waals surface area contributed by atoms with Gasteiger partial charge in [0.05, 0.1) is 5.69 Å². The van der Waals surface area contributed by atoms with E-state index < -0.39 is 6.03 Å². The van der Waals surface area contributed by atoms with E-state index in [0.29, 0.717) is 0 Å². The standard InChI is InChI=1S/C11H17N3O/c1-3-13(4-2)14(11(12)15)10-8-6-5-7-9-10/h5-9H,3-4H2,1-2H3,(H2,12,15). The maximum absolute atomic E-state index is 11.4. The minimum absolute atomic E-state index is 0.454. The van der Waals surface area contributed by atoms with Crippen molar-refractivity contribution < 1.29 is 4.79 Å². The van der Waals surface area contributed by atoms with Crippen molar-refractivity contribution in [1.82, 2.24) is 5.01 Å². The number of primary amides is 1. The number of benzene rings is 1. The first kappa shape index (κ1) is 11.5. The van der Waals surface area contributed by atoms with Gasteiger partial charge in [-0.25, -0.2) is 14.8 Å². The second-order valence-electron chi connectivity index (χ2n) is 3.12. The van der Waals surface area contributed by atoms with Crippen molar-refractivity contribution in [3.8, 4) is 0 Å². The van der Waals surface area contributed by atoms with Crippen LogP contribution in [-0.4, -0.2) is 24.1 Å². The number of nitrogens with zero attached hydrogens (tertiary/aromatic N) is 2. The van der Waals surface area contributed by atoms with E-state index in [1.165, 1.54) is 5.01 Å². The normalized spacial score (nSPS) is 10.3. The average molecular weight is 207 g/mol. The zero-order valence-electron chi connectivity index (χ0n) is 9.18. The summed E-state index contributed by atoms with van der Waals surface area (Å²) in [5.74, 6) is 0. The summed E-state index contributed by atoms with van der Waals surface area (Å²) in [6.45, 7) is 5.47. The zero-order chi connectivity index (χ0) is 11.3. The van der Waals surface area contributed by atoms with Crippen molar-refractivity contribution in [1.29, 1.82) is 0 Å². The highest BCUT2D eigenvalue weighted by molar-refractivity contribution is 5.89. The highest BCUT2D eigenvalue weighted by Gasteiger charge is 2.17. The Morgan fingerprint density at radius 2 is 1.73 bits per heavy atom. The van der Waals surface area contributed by atoms with Crippen molar-refractivity contribution in [2.45, 2.75) is 13.8 Å². The first-order valence-corrected chi connectivity index (χ1v) is 5.10. The van der Waals surface area contributed by atoms with Gasteiger partial charge in [-0.05, 0) is 12.1 Å². The Bertz CT molecular complexity index is 309. The lowest BCUT2D eigenvalue weighted by molar-refractivity contribution is 0.224. The summed E-state index contributed by atoms with van der Waals surface area (Å²) >= 11 is 0. The molecule has 0 aromatic heterocycles. The predicted molar refractivity (Wildman–Crippen MR) is 61.4 cm³/mol. The molecule has 1 aromatic rings. The van der Waals surface area contributed by atoms with Crippen LogP contribution in [0.15, 0.2) is 30.3 Å². The van der Waals surface area contributed by atoms with E-state index in [9.17, 15) is 4.79 Å². The van der Waals surface area contributed by atoms with Gasteiger partial charge in [-0.1, -0.05) is 32.0 Å². The van der Waals surface area contributed by atoms with Gasteiger partial charge in [0, 0.05) is 13.1 Å². The fraction of sp³-hybridized carbons (Fsp3) is 0.364. The van der Waals surface area contributed by atoms with Gasteiger partial charge in [-0.3, -0.25) is 0 Å². The van der Waals surface area contributed by atoms with Crippen LogP contribution in [0.3, 0.4) is 0 Å². The van der Waals surface area contributed by atoms with Gasteiger partial charge < -0.3 is 5.73 Å². The van der Waals surface area contributed by atoms with E-state index >= 15 is 0 Å². The number of rotatable bonds is 4. The van der Waals surface area contributed by atoms with Gasteiger partial charge in [-0.2, -0.15) is 0 Å². The molecule has 1 aromatic carbocycles. The molecule has 0 saturated carbocycles. The van der Waals surface area contributed by atoms with Crippen LogP contribution in [0.5, 0.6) is 0 Å². The van der Waals surface area contributed by atoms with Gasteiger partial charge in [0.25, 0.3) is 0 Å². The first-order valence-electron chi connectivity index (χ1n) is 5.10. The molecule has 1 rings (SSSR count). The lowest BCUT2D eigenvalue weighted by atomic mass is 10.3. The summed E-state index contributed by atoms with van der Waals surface area (Å²) in [5, 5.41) is 3.39. The number of anilines is 1. The molecule has 0 unspecified atom stereocenters. The van der Waals surface area contributed by atoms with E-state index in [1.807, 2.05) is 49.2 Å². The summed E-state index contributed by atoms with van der Waals surface area (Å²) < 4.78 is 0. The third kappa shape index (κ3) is 2.70. The van der Waals surface area contributed by atoms with Crippen molar-refractivity contribution in [3.63, 3.8) is 0 Å². The molecule has 4 heteroatoms. The van der Waals surface area contributed by atoms with Crippen molar-refractivity contribution in [3.05, 3.63) is 30.3 Å². The largest absolute Gasteiger partial charge is 0.350 e. The maximum atomic E-state index is 11.4. The summed E-state index contributed by atoms with van der Waals surface area (Å²) in [5.41, 5.74) is 6.17. The van der Waals surface area contributed by atoms with E-state index in [2.05, 4.69) is 0 Å². The fourth-order valence-electron chi connectivity index (χ4n) is 1.51. The molecule has 4 nitrogen and oxygen atoms in total. The highest BCUT2D eigenvalue weighted by atomic mass is 16.2. The van der Waals surface area contributed by atoms with Crippen molar-refractivity contribution >= 4 is 11.7 Å². The lowest BCUT2D eigenvalue weighted by Gasteiger charge is -2.31. The molecule has 0 spiro atoms. The topological polar surface area (TPSA) is 49.6 Å². The van der Waals surface area contributed by atoms with Gasteiger partial charge in [0.2, 0.25) is 0 Å². The number of para-hydroxylation sites is 1. The number of carbonyl (C=O) groups is 1. The van der Waals surface area contributed by atoms with Gasteiger partial charge in [0.1, 0.15) is 0 Å². The number of amides is 2. The predicted octanol–water partition coefficient (Wildman–Crippen LogP) is 1.83. The SMILES string of the molecule is CCN(CC)N(C(N)=O)c1ccccc1. The molecule has 0 bridgehead atoms. The van der Waals surface area contributed by atoms with Crippen LogP contribution < -0.4 is 10.7 Å². The number of hydrazine groups is 1. The van der Waals surface area contributed by atoms with Gasteiger partial charge in [-0.15, -0.1) is 0 Å². The van der Waals surface area contributed by atoms with Crippen LogP contribution in [-0.2, 0) is 0 Å². The number of hydrogen-bond donors (Lipinski definition) is 1. The maximum Gasteiger partial charge on any atom is 0.334 e. The molecule has 0 saturated heterocycles. The monoisotopic (exact) mass is 207 g/mol. The third-order valence-corrected chi connectivity index (χ3v) is 2.22. The Kier molecular flexibility index (Phi) is 4.12. The Hall–Kier alpha value is -1.55. The fourth-order valence-corrected chi connectivity index (χ4v) is 1.51. The van der Waals surface area contributed by atoms with E-state index in [-0.39, 0.29) is 0 Å². The molecule has 0 radical (unpaired) electrons. The summed E-state index contributed by atoms with van der Waals surface area (Å²) in [6.07, 6.45) is 0. The Labute approximate surface area is 90.2 Å². The Balaban J connectivity index is 2.97. The van der Waals surface area contributed by atoms with Crippen LogP contribution in [0, 0.1) is 0 Å². The minimum atomic E-state index is -0.454. The summed E-state index contributed by atoms with van der Waals surface area (Å²) in [4.78, 5) is 11.4. The van der Waals surface area contributed by atoms with Crippen LogP contribution in [0.1, 0.15) is 13.8 Å². The molecule has 0 aliphatic rings. The van der Waals surface area contributed by atoms with Crippen LogP contribution >= 0.6 is 0 Å². The minimum Gasteiger partial charge on any atom is -0.350 e. The quantitative estimate of drug-likeness (QED) is 0.766. The Morgan fingerprint density at radius 3 is 2.13 bits per heavy atom. The summed E-state index contributed by atoms with van der Waals surface area (Å²) in [6, 6.07) is 8.95. The van der Waals surface area contributed by atoms with Crippen LogP contribution in [0.2, 0.25) is 0 Å². The number of hydrogen-bond acceptors (Lipinski definition) is 2. The van der Waals surface area contributed by atoms with Crippen LogP contribution in [0.25, 0.3) is 0 Å². The molecular formula is C11H17N3O. The Morgan fingerprint density at radius 1 is 1.20 bits per heavy atom. The number of nitrogens with two attached hydrogens (primary N) is 1. The smallest absolute Gasteiger partial charge is 0.334 e. The molecule has 15 heavy (non-hydrogen) atoms. The van der Waals surface area contributed by atoms with Gasteiger partial charge >= 0.3 is 6.03 Å². The number of urea groups is 1. The van der Waals surface area contributed by atoms with E-state index in [1.54, 1.807) is 0 Å². The zero-order valence-corrected chi connectivity index (χ0v) is 9.18. The molecule has 0 atom stereocenters. The molecule has 0 aliphatic heterocycles. The van der Waals surface area contributed by atoms with Crippen molar-refractivity contribution in [2.75, 3.05) is 18.1 Å². The highest BCUT2D eigenvalue weighted by Crippen LogP contribution is 2.15. The molecule has 2 N–H and O–H groups in total. The van der Waals surface area contributed by atoms with Gasteiger partial charge in [0.15, 0.2) is 0 Å². The van der Waals surface area contributed by atoms with E-state index in [4.69, 9.17) is 5.73 Å². The molecular weight excluding hydrogens is 190 g/mol. The molecule has 0 fully saturated rings. The molecule has 0 heterocycles. The second-order valence-corrected chi connectivity index (χ2v) is 3.12. The lowest BCUT2D eigenvalue weighted by Crippen LogP contribution is -2.49. The van der Waals surface area contributed by atoms with E-state index in [0.717, 1.165) is 18.8 Å². The molecule has 0 aliphatic carbocycles. The van der Waals surface area contributed by atoms with Crippen LogP contribution in [0.4, 0.5) is 10.5 Å².